The molecule has 0 saturated heterocycles. The average Bonchev–Trinajstić information content (AvgIpc) is 2.97. The molecule has 92 valence electrons. The molecule has 0 aliphatic heterocycles. The smallest absolute Gasteiger partial charge is 0.184 e. The summed E-state index contributed by atoms with van der Waals surface area (Å²) in [4.78, 5) is 4.63. The minimum absolute atomic E-state index is 0.126. The molecule has 2 heterocycles. The van der Waals surface area contributed by atoms with Crippen LogP contribution in [0.15, 0.2) is 41.0 Å². The monoisotopic (exact) mass is 258 g/mol. The van der Waals surface area contributed by atoms with Gasteiger partial charge in [-0.1, -0.05) is 23.5 Å². The van der Waals surface area contributed by atoms with Crippen LogP contribution in [0.1, 0.15) is 24.3 Å². The molecule has 0 aliphatic rings. The highest BCUT2D eigenvalue weighted by molar-refractivity contribution is 7.22. The van der Waals surface area contributed by atoms with E-state index in [0.717, 1.165) is 16.4 Å². The molecule has 2 aromatic heterocycles. The summed E-state index contributed by atoms with van der Waals surface area (Å²) < 4.78 is 6.59. The highest BCUT2D eigenvalue weighted by Crippen LogP contribution is 2.30. The van der Waals surface area contributed by atoms with Gasteiger partial charge in [-0.3, -0.25) is 0 Å². The molecule has 0 aliphatic carbocycles. The number of nitrogens with zero attached hydrogens (tertiary/aromatic N) is 1. The van der Waals surface area contributed by atoms with Crippen molar-refractivity contribution in [3.8, 4) is 0 Å². The second-order valence-corrected chi connectivity index (χ2v) is 5.35. The van der Waals surface area contributed by atoms with Gasteiger partial charge in [0.2, 0.25) is 0 Å². The lowest BCUT2D eigenvalue weighted by Gasteiger charge is -2.08. The zero-order chi connectivity index (χ0) is 12.5. The van der Waals surface area contributed by atoms with Crippen molar-refractivity contribution in [3.63, 3.8) is 0 Å². The van der Waals surface area contributed by atoms with E-state index in [1.54, 1.807) is 17.6 Å². The Kier molecular flexibility index (Phi) is 2.80. The highest BCUT2D eigenvalue weighted by atomic mass is 32.1. The van der Waals surface area contributed by atoms with Crippen LogP contribution in [-0.4, -0.2) is 4.98 Å². The fourth-order valence-corrected chi connectivity index (χ4v) is 2.97. The summed E-state index contributed by atoms with van der Waals surface area (Å²) in [5.74, 6) is 0.922. The molecule has 0 radical (unpaired) electrons. The molecule has 0 amide bonds. The molecule has 1 atom stereocenters. The van der Waals surface area contributed by atoms with Crippen LogP contribution < -0.4 is 5.32 Å². The molecule has 18 heavy (non-hydrogen) atoms. The number of hydrogen-bond donors (Lipinski definition) is 1. The Morgan fingerprint density at radius 2 is 2.17 bits per heavy atom. The van der Waals surface area contributed by atoms with Gasteiger partial charge in [0.1, 0.15) is 5.76 Å². The summed E-state index contributed by atoms with van der Waals surface area (Å²) >= 11 is 1.67. The van der Waals surface area contributed by atoms with Crippen LogP contribution in [0.4, 0.5) is 5.13 Å². The van der Waals surface area contributed by atoms with Gasteiger partial charge in [0.05, 0.1) is 22.5 Å². The third-order valence-electron chi connectivity index (χ3n) is 2.93. The third-order valence-corrected chi connectivity index (χ3v) is 3.88. The van der Waals surface area contributed by atoms with E-state index in [1.807, 2.05) is 12.1 Å². The quantitative estimate of drug-likeness (QED) is 0.758. The lowest BCUT2D eigenvalue weighted by molar-refractivity contribution is 0.490. The number of thiazole rings is 1. The van der Waals surface area contributed by atoms with E-state index < -0.39 is 0 Å². The van der Waals surface area contributed by atoms with E-state index in [9.17, 15) is 0 Å². The number of furan rings is 1. The standard InChI is InChI=1S/C14H14N2OS/c1-9-5-3-7-12-13(9)16-14(18-12)15-10(2)11-6-4-8-17-11/h3-8,10H,1-2H3,(H,15,16). The van der Waals surface area contributed by atoms with Gasteiger partial charge in [0.25, 0.3) is 0 Å². The van der Waals surface area contributed by atoms with E-state index in [-0.39, 0.29) is 6.04 Å². The maximum absolute atomic E-state index is 5.38. The molecule has 0 spiro atoms. The summed E-state index contributed by atoms with van der Waals surface area (Å²) in [5, 5.41) is 4.31. The van der Waals surface area contributed by atoms with Gasteiger partial charge in [-0.25, -0.2) is 4.98 Å². The summed E-state index contributed by atoms with van der Waals surface area (Å²) in [6, 6.07) is 10.2. The first kappa shape index (κ1) is 11.3. The maximum Gasteiger partial charge on any atom is 0.184 e. The van der Waals surface area contributed by atoms with Crippen LogP contribution in [0.25, 0.3) is 10.2 Å². The molecule has 1 aromatic carbocycles. The molecule has 1 unspecified atom stereocenters. The van der Waals surface area contributed by atoms with Gasteiger partial charge >= 0.3 is 0 Å². The number of fused-ring (bicyclic) bond motifs is 1. The normalized spacial score (nSPS) is 12.8. The van der Waals surface area contributed by atoms with Crippen molar-refractivity contribution < 1.29 is 4.42 Å². The number of nitrogens with one attached hydrogen (secondary N) is 1. The van der Waals surface area contributed by atoms with Gasteiger partial charge in [0.15, 0.2) is 5.13 Å². The van der Waals surface area contributed by atoms with Crippen molar-refractivity contribution in [2.75, 3.05) is 5.32 Å². The molecule has 3 nitrogen and oxygen atoms in total. The largest absolute Gasteiger partial charge is 0.467 e. The molecule has 3 rings (SSSR count). The van der Waals surface area contributed by atoms with Crippen molar-refractivity contribution in [3.05, 3.63) is 47.9 Å². The van der Waals surface area contributed by atoms with E-state index in [2.05, 4.69) is 42.3 Å². The number of rotatable bonds is 3. The zero-order valence-corrected chi connectivity index (χ0v) is 11.1. The van der Waals surface area contributed by atoms with E-state index >= 15 is 0 Å². The maximum atomic E-state index is 5.38. The summed E-state index contributed by atoms with van der Waals surface area (Å²) in [5.41, 5.74) is 2.29. The predicted octanol–water partition coefficient (Wildman–Crippen LogP) is 4.37. The van der Waals surface area contributed by atoms with E-state index in [1.165, 1.54) is 10.3 Å². The molecule has 0 fully saturated rings. The van der Waals surface area contributed by atoms with Crippen LogP contribution in [0.5, 0.6) is 0 Å². The number of anilines is 1. The van der Waals surface area contributed by atoms with Gasteiger partial charge < -0.3 is 9.73 Å². The topological polar surface area (TPSA) is 38.1 Å². The number of aromatic nitrogens is 1. The lowest BCUT2D eigenvalue weighted by atomic mass is 10.2. The third kappa shape index (κ3) is 1.99. The first-order chi connectivity index (χ1) is 8.74. The van der Waals surface area contributed by atoms with Gasteiger partial charge in [-0.15, -0.1) is 0 Å². The van der Waals surface area contributed by atoms with Crippen LogP contribution >= 0.6 is 11.3 Å². The second-order valence-electron chi connectivity index (χ2n) is 4.32. The zero-order valence-electron chi connectivity index (χ0n) is 10.3. The van der Waals surface area contributed by atoms with Crippen molar-refractivity contribution >= 4 is 26.7 Å². The van der Waals surface area contributed by atoms with Crippen LogP contribution in [0.3, 0.4) is 0 Å². The first-order valence-corrected chi connectivity index (χ1v) is 6.72. The van der Waals surface area contributed by atoms with Gasteiger partial charge in [0, 0.05) is 0 Å². The molecule has 4 heteroatoms. The van der Waals surface area contributed by atoms with Crippen LogP contribution in [-0.2, 0) is 0 Å². The second kappa shape index (κ2) is 4.46. The number of benzene rings is 1. The van der Waals surface area contributed by atoms with Gasteiger partial charge in [-0.05, 0) is 37.6 Å². The Bertz CT molecular complexity index is 658. The molecule has 0 bridgehead atoms. The lowest BCUT2D eigenvalue weighted by Crippen LogP contribution is -2.04. The number of aryl methyl sites for hydroxylation is 1. The SMILES string of the molecule is Cc1cccc2sc(NC(C)c3ccco3)nc12. The van der Waals surface area contributed by atoms with Crippen molar-refractivity contribution in [2.45, 2.75) is 19.9 Å². The fraction of sp³-hybridized carbons (Fsp3) is 0.214. The number of hydrogen-bond acceptors (Lipinski definition) is 4. The van der Waals surface area contributed by atoms with Crippen LogP contribution in [0, 0.1) is 6.92 Å². The Labute approximate surface area is 109 Å². The van der Waals surface area contributed by atoms with Crippen LogP contribution in [0.2, 0.25) is 0 Å². The summed E-state index contributed by atoms with van der Waals surface area (Å²) in [7, 11) is 0. The molecular formula is C14H14N2OS. The summed E-state index contributed by atoms with van der Waals surface area (Å²) in [6.45, 7) is 4.15. The molecule has 3 aromatic rings. The average molecular weight is 258 g/mol. The Balaban J connectivity index is 1.89. The molecule has 1 N–H and O–H groups in total. The van der Waals surface area contributed by atoms with Crippen molar-refractivity contribution in [1.29, 1.82) is 0 Å². The predicted molar refractivity (Wildman–Crippen MR) is 75.1 cm³/mol. The minimum atomic E-state index is 0.126. The van der Waals surface area contributed by atoms with E-state index in [4.69, 9.17) is 4.42 Å². The minimum Gasteiger partial charge on any atom is -0.467 e. The van der Waals surface area contributed by atoms with Crippen molar-refractivity contribution in [1.82, 2.24) is 4.98 Å². The van der Waals surface area contributed by atoms with Crippen molar-refractivity contribution in [2.24, 2.45) is 0 Å². The Hall–Kier alpha value is -1.81. The van der Waals surface area contributed by atoms with Gasteiger partial charge in [-0.2, -0.15) is 0 Å². The summed E-state index contributed by atoms with van der Waals surface area (Å²) in [6.07, 6.45) is 1.69. The Morgan fingerprint density at radius 3 is 2.89 bits per heavy atom. The molecular weight excluding hydrogens is 244 g/mol. The van der Waals surface area contributed by atoms with E-state index in [0.29, 0.717) is 0 Å². The first-order valence-electron chi connectivity index (χ1n) is 5.90. The fourth-order valence-electron chi connectivity index (χ4n) is 1.94. The molecule has 0 saturated carbocycles. The number of para-hydroxylation sites is 1. The Morgan fingerprint density at radius 1 is 1.28 bits per heavy atom. The highest BCUT2D eigenvalue weighted by Gasteiger charge is 2.11.